The normalized spacial score (nSPS) is 32.4. The standard InChI is InChI=1S/C51H65NO14/c1-26-32(64-44(59)37(55)36(52-45(60)66-47(6,7)8)30-18-15-19-31(22-30)46(3,4)5)24-51(61)42(65-43(58)29-16-13-12-14-17-29)39-49(11,41(57)38(63-27(2)53)35(26)48(51,9)10)33(54)23-34-50(39,25-62-34)40(56)28-20-21-28/h12-19,22,28,32-34,36-39,42,54-55,61H,20-21,23-25H2,1-11H3,(H,52,60)/t32-,33-,34+,36?,37+,38+,39-,42-,49+,50-,51+/m0/s1. The Hall–Kier alpha value is -4.96. The van der Waals surface area contributed by atoms with E-state index < -0.39 is 118 Å². The van der Waals surface area contributed by atoms with Gasteiger partial charge in [-0.3, -0.25) is 14.4 Å². The van der Waals surface area contributed by atoms with E-state index in [9.17, 15) is 39.3 Å². The largest absolute Gasteiger partial charge is 0.456 e. The molecular formula is C51H65NO14. The molecule has 2 aromatic carbocycles. The second kappa shape index (κ2) is 17.0. The topological polar surface area (TPSA) is 221 Å². The first kappa shape index (κ1) is 49.0. The molecule has 5 aliphatic rings. The minimum atomic E-state index is -2.36. The minimum absolute atomic E-state index is 0.0206. The van der Waals surface area contributed by atoms with Gasteiger partial charge >= 0.3 is 24.0 Å². The Labute approximate surface area is 385 Å². The maximum Gasteiger partial charge on any atom is 0.408 e. The Morgan fingerprint density at radius 3 is 2.12 bits per heavy atom. The Morgan fingerprint density at radius 2 is 1.56 bits per heavy atom. The van der Waals surface area contributed by atoms with Gasteiger partial charge in [-0.25, -0.2) is 14.4 Å². The summed E-state index contributed by atoms with van der Waals surface area (Å²) in [5.74, 6) is -5.91. The van der Waals surface area contributed by atoms with Crippen LogP contribution in [-0.4, -0.2) is 105 Å². The molecule has 15 heteroatoms. The fourth-order valence-corrected chi connectivity index (χ4v) is 11.1. The first-order chi connectivity index (χ1) is 30.6. The van der Waals surface area contributed by atoms with Gasteiger partial charge in [0.05, 0.1) is 41.3 Å². The van der Waals surface area contributed by atoms with Gasteiger partial charge in [-0.1, -0.05) is 77.1 Å². The number of esters is 3. The fourth-order valence-electron chi connectivity index (χ4n) is 11.1. The number of carbonyl (C=O) groups excluding carboxylic acids is 6. The monoisotopic (exact) mass is 915 g/mol. The van der Waals surface area contributed by atoms with E-state index in [0.29, 0.717) is 18.4 Å². The van der Waals surface area contributed by atoms with Gasteiger partial charge in [0.2, 0.25) is 0 Å². The van der Waals surface area contributed by atoms with Gasteiger partial charge < -0.3 is 44.3 Å². The average molecular weight is 916 g/mol. The van der Waals surface area contributed by atoms with Crippen molar-refractivity contribution in [2.24, 2.45) is 28.1 Å². The SMILES string of the molecule is CC(=O)O[C@H]1C(=O)[C@]2(C)[C@@H](O)C[C@H]3OC[C@@]3(C(=O)C3CC3)[C@H]2[C@H](OC(=O)c2ccccc2)[C@]2(O)C[C@H](OC(=O)[C@H](O)C(NC(=O)OC(C)(C)C)c3cccc(C(C)(C)C)c3)C(C)=C1C2(C)C. The molecule has 66 heavy (non-hydrogen) atoms. The molecule has 1 amide bonds. The average Bonchev–Trinajstić information content (AvgIpc) is 4.08. The first-order valence-corrected chi connectivity index (χ1v) is 22.8. The first-order valence-electron chi connectivity index (χ1n) is 22.8. The third kappa shape index (κ3) is 8.27. The van der Waals surface area contributed by atoms with Crippen molar-refractivity contribution in [3.05, 3.63) is 82.4 Å². The summed E-state index contributed by atoms with van der Waals surface area (Å²) in [5.41, 5.74) is -7.37. The number of ether oxygens (including phenoxy) is 5. The number of benzene rings is 2. The third-order valence-electron chi connectivity index (χ3n) is 14.9. The number of Topliss-reactive ketones (excluding diaryl/α,β-unsaturated/α-hetero) is 2. The Balaban J connectivity index is 1.40. The molecule has 0 radical (unpaired) electrons. The number of nitrogens with one attached hydrogen (secondary N) is 1. The molecule has 3 saturated carbocycles. The minimum Gasteiger partial charge on any atom is -0.456 e. The number of alkyl carbamates (subject to hydrolysis) is 1. The number of aliphatic hydroxyl groups is 3. The van der Waals surface area contributed by atoms with Crippen molar-refractivity contribution in [3.63, 3.8) is 0 Å². The van der Waals surface area contributed by atoms with Gasteiger partial charge in [0.1, 0.15) is 29.2 Å². The molecule has 15 nitrogen and oxygen atoms in total. The van der Waals surface area contributed by atoms with E-state index >= 15 is 4.79 Å². The van der Waals surface area contributed by atoms with Crippen LogP contribution in [0.25, 0.3) is 0 Å². The number of ketones is 2. The van der Waals surface area contributed by atoms with E-state index in [1.54, 1.807) is 77.9 Å². The van der Waals surface area contributed by atoms with Crippen molar-refractivity contribution in [3.8, 4) is 0 Å². The lowest BCUT2D eigenvalue weighted by Crippen LogP contribution is -2.80. The van der Waals surface area contributed by atoms with E-state index in [2.05, 4.69) is 5.32 Å². The summed E-state index contributed by atoms with van der Waals surface area (Å²) in [5, 5.41) is 40.8. The fraction of sp³-hybridized carbons (Fsp3) is 0.608. The molecule has 1 aliphatic heterocycles. The molecule has 2 aromatic rings. The van der Waals surface area contributed by atoms with Crippen LogP contribution >= 0.6 is 0 Å². The number of hydrogen-bond acceptors (Lipinski definition) is 14. The van der Waals surface area contributed by atoms with Crippen molar-refractivity contribution < 1.29 is 67.8 Å². The highest BCUT2D eigenvalue weighted by molar-refractivity contribution is 5.98. The summed E-state index contributed by atoms with van der Waals surface area (Å²) in [4.78, 5) is 86.0. The van der Waals surface area contributed by atoms with Gasteiger partial charge in [0, 0.05) is 37.0 Å². The van der Waals surface area contributed by atoms with Crippen molar-refractivity contribution >= 4 is 35.6 Å². The second-order valence-corrected chi connectivity index (χ2v) is 21.8. The maximum absolute atomic E-state index is 15.7. The highest BCUT2D eigenvalue weighted by atomic mass is 16.6. The molecule has 2 bridgehead atoms. The number of carbonyl (C=O) groups is 6. The molecule has 1 heterocycles. The summed E-state index contributed by atoms with van der Waals surface area (Å²) in [6.07, 6.45) is -10.0. The maximum atomic E-state index is 15.7. The number of aliphatic hydroxyl groups excluding tert-OH is 2. The predicted octanol–water partition coefficient (Wildman–Crippen LogP) is 5.79. The van der Waals surface area contributed by atoms with Crippen molar-refractivity contribution in [2.75, 3.05) is 6.61 Å². The molecule has 0 spiro atoms. The zero-order valence-corrected chi connectivity index (χ0v) is 39.8. The van der Waals surface area contributed by atoms with E-state index in [0.717, 1.165) is 12.5 Å². The van der Waals surface area contributed by atoms with Crippen LogP contribution in [0.2, 0.25) is 0 Å². The summed E-state index contributed by atoms with van der Waals surface area (Å²) in [7, 11) is 0. The van der Waals surface area contributed by atoms with Crippen LogP contribution in [0.4, 0.5) is 4.79 Å². The van der Waals surface area contributed by atoms with Gasteiger partial charge in [-0.05, 0) is 87.3 Å². The molecule has 4 aliphatic carbocycles. The Bertz CT molecular complexity index is 2320. The van der Waals surface area contributed by atoms with E-state index in [-0.39, 0.29) is 40.9 Å². The summed E-state index contributed by atoms with van der Waals surface area (Å²) < 4.78 is 30.2. The lowest BCUT2D eigenvalue weighted by Gasteiger charge is -2.68. The van der Waals surface area contributed by atoms with Gasteiger partial charge in [0.15, 0.2) is 18.0 Å². The number of hydrogen-bond donors (Lipinski definition) is 4. The quantitative estimate of drug-likeness (QED) is 0.126. The molecule has 358 valence electrons. The molecule has 4 fully saturated rings. The molecular weight excluding hydrogens is 851 g/mol. The van der Waals surface area contributed by atoms with E-state index in [1.165, 1.54) is 19.1 Å². The lowest BCUT2D eigenvalue weighted by atomic mass is 9.41. The summed E-state index contributed by atoms with van der Waals surface area (Å²) in [6, 6.07) is 13.6. The molecule has 4 N–H and O–H groups in total. The van der Waals surface area contributed by atoms with E-state index in [1.807, 2.05) is 26.8 Å². The molecule has 1 saturated heterocycles. The Morgan fingerprint density at radius 1 is 0.909 bits per heavy atom. The molecule has 7 rings (SSSR count). The number of rotatable bonds is 10. The summed E-state index contributed by atoms with van der Waals surface area (Å²) >= 11 is 0. The lowest BCUT2D eigenvalue weighted by molar-refractivity contribution is -0.307. The van der Waals surface area contributed by atoms with Crippen molar-refractivity contribution in [1.82, 2.24) is 5.32 Å². The highest BCUT2D eigenvalue weighted by Gasteiger charge is 2.79. The predicted molar refractivity (Wildman–Crippen MR) is 238 cm³/mol. The van der Waals surface area contributed by atoms with Crippen LogP contribution in [0.5, 0.6) is 0 Å². The molecule has 0 aromatic heterocycles. The van der Waals surface area contributed by atoms with Crippen LogP contribution in [0.3, 0.4) is 0 Å². The number of amides is 1. The Kier molecular flexibility index (Phi) is 12.6. The van der Waals surface area contributed by atoms with Crippen molar-refractivity contribution in [1.29, 1.82) is 0 Å². The van der Waals surface area contributed by atoms with Crippen LogP contribution in [0.15, 0.2) is 65.7 Å². The summed E-state index contributed by atoms with van der Waals surface area (Å²) in [6.45, 7) is 18.1. The molecule has 1 unspecified atom stereocenters. The highest BCUT2D eigenvalue weighted by Crippen LogP contribution is 2.67. The van der Waals surface area contributed by atoms with Gasteiger partial charge in [-0.15, -0.1) is 0 Å². The second-order valence-electron chi connectivity index (χ2n) is 21.8. The van der Waals surface area contributed by atoms with Crippen LogP contribution in [0, 0.1) is 28.1 Å². The number of fused-ring (bicyclic) bond motifs is 5. The van der Waals surface area contributed by atoms with Crippen LogP contribution in [-0.2, 0) is 48.3 Å². The third-order valence-corrected chi connectivity index (χ3v) is 14.9. The van der Waals surface area contributed by atoms with Crippen molar-refractivity contribution in [2.45, 2.75) is 161 Å². The van der Waals surface area contributed by atoms with Crippen LogP contribution in [0.1, 0.15) is 129 Å². The van der Waals surface area contributed by atoms with Crippen LogP contribution < -0.4 is 5.32 Å². The van der Waals surface area contributed by atoms with Gasteiger partial charge in [0.25, 0.3) is 0 Å². The zero-order chi connectivity index (χ0) is 48.7. The van der Waals surface area contributed by atoms with Gasteiger partial charge in [-0.2, -0.15) is 0 Å². The van der Waals surface area contributed by atoms with E-state index in [4.69, 9.17) is 23.7 Å². The smallest absolute Gasteiger partial charge is 0.408 e. The molecule has 11 atom stereocenters. The zero-order valence-electron chi connectivity index (χ0n) is 39.8.